The van der Waals surface area contributed by atoms with Gasteiger partial charge < -0.3 is 15.5 Å². The average molecular weight is 378 g/mol. The molecule has 2 fully saturated rings. The minimum atomic E-state index is -0.455. The van der Waals surface area contributed by atoms with Crippen LogP contribution in [0.15, 0.2) is 11.6 Å². The average Bonchev–Trinajstić information content (AvgIpc) is 3.35. The van der Waals surface area contributed by atoms with Crippen LogP contribution < -0.4 is 10.6 Å². The van der Waals surface area contributed by atoms with E-state index >= 15 is 0 Å². The first-order chi connectivity index (χ1) is 12.5. The van der Waals surface area contributed by atoms with E-state index in [1.54, 1.807) is 16.5 Å². The SMILES string of the molecule is CC(CC(=O)N1CCCC1C(=O)Nc1nccs1)NC(=O)C1CCCC1. The summed E-state index contributed by atoms with van der Waals surface area (Å²) in [5, 5.41) is 8.08. The van der Waals surface area contributed by atoms with Gasteiger partial charge in [0.25, 0.3) is 0 Å². The van der Waals surface area contributed by atoms with Crippen LogP contribution in [0.1, 0.15) is 51.9 Å². The monoisotopic (exact) mass is 378 g/mol. The van der Waals surface area contributed by atoms with Gasteiger partial charge in [-0.3, -0.25) is 14.4 Å². The van der Waals surface area contributed by atoms with Crippen molar-refractivity contribution < 1.29 is 14.4 Å². The van der Waals surface area contributed by atoms with Crippen molar-refractivity contribution in [2.24, 2.45) is 5.92 Å². The van der Waals surface area contributed by atoms with E-state index in [-0.39, 0.29) is 36.1 Å². The van der Waals surface area contributed by atoms with Gasteiger partial charge >= 0.3 is 0 Å². The number of likely N-dealkylation sites (tertiary alicyclic amines) is 1. The molecule has 7 nitrogen and oxygen atoms in total. The Morgan fingerprint density at radius 2 is 2.00 bits per heavy atom. The minimum Gasteiger partial charge on any atom is -0.353 e. The van der Waals surface area contributed by atoms with Gasteiger partial charge in [-0.15, -0.1) is 11.3 Å². The van der Waals surface area contributed by atoms with Crippen molar-refractivity contribution in [3.63, 3.8) is 0 Å². The molecular weight excluding hydrogens is 352 g/mol. The predicted octanol–water partition coefficient (Wildman–Crippen LogP) is 2.16. The van der Waals surface area contributed by atoms with Crippen molar-refractivity contribution >= 4 is 34.2 Å². The molecule has 2 atom stereocenters. The van der Waals surface area contributed by atoms with Gasteiger partial charge in [0, 0.05) is 36.5 Å². The number of thiazole rings is 1. The van der Waals surface area contributed by atoms with Gasteiger partial charge in [0.1, 0.15) is 6.04 Å². The van der Waals surface area contributed by atoms with Crippen molar-refractivity contribution in [3.8, 4) is 0 Å². The number of carbonyl (C=O) groups excluding carboxylic acids is 3. The fourth-order valence-electron chi connectivity index (χ4n) is 3.79. The van der Waals surface area contributed by atoms with E-state index in [2.05, 4.69) is 15.6 Å². The molecule has 1 saturated heterocycles. The number of amides is 3. The molecule has 2 aliphatic rings. The third kappa shape index (κ3) is 4.60. The molecular formula is C18H26N4O3S. The summed E-state index contributed by atoms with van der Waals surface area (Å²) in [5.41, 5.74) is 0. The van der Waals surface area contributed by atoms with Gasteiger partial charge in [0.15, 0.2) is 5.13 Å². The number of hydrogen-bond donors (Lipinski definition) is 2. The van der Waals surface area contributed by atoms with Crippen LogP contribution in [-0.2, 0) is 14.4 Å². The molecule has 1 saturated carbocycles. The Balaban J connectivity index is 1.50. The molecule has 8 heteroatoms. The van der Waals surface area contributed by atoms with Crippen LogP contribution >= 0.6 is 11.3 Å². The van der Waals surface area contributed by atoms with Crippen LogP contribution in [0.25, 0.3) is 0 Å². The molecule has 142 valence electrons. The molecule has 0 bridgehead atoms. The second-order valence-electron chi connectivity index (χ2n) is 7.17. The summed E-state index contributed by atoms with van der Waals surface area (Å²) in [6.07, 6.45) is 7.42. The van der Waals surface area contributed by atoms with Crippen LogP contribution in [0.4, 0.5) is 5.13 Å². The lowest BCUT2D eigenvalue weighted by Crippen LogP contribution is -2.46. The Bertz CT molecular complexity index is 643. The first kappa shape index (κ1) is 18.8. The number of anilines is 1. The zero-order valence-corrected chi connectivity index (χ0v) is 15.9. The van der Waals surface area contributed by atoms with E-state index < -0.39 is 6.04 Å². The van der Waals surface area contributed by atoms with Gasteiger partial charge in [-0.25, -0.2) is 4.98 Å². The Morgan fingerprint density at radius 1 is 1.23 bits per heavy atom. The molecule has 0 spiro atoms. The summed E-state index contributed by atoms with van der Waals surface area (Å²) in [6, 6.07) is -0.678. The van der Waals surface area contributed by atoms with Gasteiger partial charge in [0.05, 0.1) is 0 Å². The fraction of sp³-hybridized carbons (Fsp3) is 0.667. The number of hydrogen-bond acceptors (Lipinski definition) is 5. The highest BCUT2D eigenvalue weighted by Crippen LogP contribution is 2.25. The third-order valence-electron chi connectivity index (χ3n) is 5.13. The van der Waals surface area contributed by atoms with Crippen LogP contribution in [0, 0.1) is 5.92 Å². The van der Waals surface area contributed by atoms with Crippen molar-refractivity contribution in [3.05, 3.63) is 11.6 Å². The molecule has 2 unspecified atom stereocenters. The Kier molecular flexibility index (Phi) is 6.24. The Labute approximate surface area is 157 Å². The number of nitrogens with zero attached hydrogens (tertiary/aromatic N) is 2. The Hall–Kier alpha value is -1.96. The highest BCUT2D eigenvalue weighted by molar-refractivity contribution is 7.13. The lowest BCUT2D eigenvalue weighted by molar-refractivity contribution is -0.137. The standard InChI is InChI=1S/C18H26N4O3S/c1-12(20-16(24)13-5-2-3-6-13)11-15(23)22-9-4-7-14(22)17(25)21-18-19-8-10-26-18/h8,10,12-14H,2-7,9,11H2,1H3,(H,20,24)(H,19,21,25). The summed E-state index contributed by atoms with van der Waals surface area (Å²) in [4.78, 5) is 43.0. The molecule has 0 aromatic carbocycles. The van der Waals surface area contributed by atoms with E-state index in [9.17, 15) is 14.4 Å². The van der Waals surface area contributed by atoms with Crippen LogP contribution in [0.2, 0.25) is 0 Å². The predicted molar refractivity (Wildman–Crippen MR) is 99.7 cm³/mol. The number of carbonyl (C=O) groups is 3. The zero-order valence-electron chi connectivity index (χ0n) is 15.1. The number of rotatable bonds is 6. The molecule has 3 rings (SSSR count). The topological polar surface area (TPSA) is 91.4 Å². The van der Waals surface area contributed by atoms with E-state index in [0.717, 1.165) is 32.1 Å². The summed E-state index contributed by atoms with van der Waals surface area (Å²) in [7, 11) is 0. The van der Waals surface area contributed by atoms with Gasteiger partial charge in [-0.05, 0) is 32.6 Å². The fourth-order valence-corrected chi connectivity index (χ4v) is 4.32. The second-order valence-corrected chi connectivity index (χ2v) is 8.06. The molecule has 1 aliphatic carbocycles. The summed E-state index contributed by atoms with van der Waals surface area (Å²) in [6.45, 7) is 2.43. The zero-order chi connectivity index (χ0) is 18.5. The van der Waals surface area contributed by atoms with E-state index in [4.69, 9.17) is 0 Å². The van der Waals surface area contributed by atoms with Gasteiger partial charge in [-0.1, -0.05) is 12.8 Å². The van der Waals surface area contributed by atoms with Crippen LogP contribution in [0.5, 0.6) is 0 Å². The molecule has 1 aliphatic heterocycles. The van der Waals surface area contributed by atoms with Crippen molar-refractivity contribution in [2.45, 2.75) is 64.0 Å². The summed E-state index contributed by atoms with van der Waals surface area (Å²) >= 11 is 1.36. The van der Waals surface area contributed by atoms with Crippen LogP contribution in [0.3, 0.4) is 0 Å². The van der Waals surface area contributed by atoms with Crippen molar-refractivity contribution in [1.29, 1.82) is 0 Å². The first-order valence-electron chi connectivity index (χ1n) is 9.35. The Morgan fingerprint density at radius 3 is 2.69 bits per heavy atom. The summed E-state index contributed by atoms with van der Waals surface area (Å²) in [5.74, 6) is -0.118. The quantitative estimate of drug-likeness (QED) is 0.793. The smallest absolute Gasteiger partial charge is 0.248 e. The second kappa shape index (κ2) is 8.62. The number of aromatic nitrogens is 1. The maximum Gasteiger partial charge on any atom is 0.248 e. The lowest BCUT2D eigenvalue weighted by Gasteiger charge is -2.25. The molecule has 26 heavy (non-hydrogen) atoms. The normalized spacial score (nSPS) is 21.6. The van der Waals surface area contributed by atoms with E-state index in [0.29, 0.717) is 18.1 Å². The first-order valence-corrected chi connectivity index (χ1v) is 10.2. The maximum absolute atomic E-state index is 12.7. The molecule has 2 heterocycles. The highest BCUT2D eigenvalue weighted by atomic mass is 32.1. The van der Waals surface area contributed by atoms with E-state index in [1.165, 1.54) is 11.3 Å². The van der Waals surface area contributed by atoms with E-state index in [1.807, 2.05) is 6.92 Å². The van der Waals surface area contributed by atoms with Crippen LogP contribution in [-0.4, -0.2) is 46.2 Å². The lowest BCUT2D eigenvalue weighted by atomic mass is 10.1. The molecule has 1 aromatic rings. The maximum atomic E-state index is 12.7. The molecule has 1 aromatic heterocycles. The van der Waals surface area contributed by atoms with Crippen molar-refractivity contribution in [1.82, 2.24) is 15.2 Å². The van der Waals surface area contributed by atoms with Crippen molar-refractivity contribution in [2.75, 3.05) is 11.9 Å². The highest BCUT2D eigenvalue weighted by Gasteiger charge is 2.35. The van der Waals surface area contributed by atoms with Gasteiger partial charge in [0.2, 0.25) is 17.7 Å². The van der Waals surface area contributed by atoms with Gasteiger partial charge in [-0.2, -0.15) is 0 Å². The molecule has 0 radical (unpaired) electrons. The largest absolute Gasteiger partial charge is 0.353 e. The minimum absolute atomic E-state index is 0.0577. The summed E-state index contributed by atoms with van der Waals surface area (Å²) < 4.78 is 0. The molecule has 2 N–H and O–H groups in total. The molecule has 3 amide bonds. The number of nitrogens with one attached hydrogen (secondary N) is 2. The third-order valence-corrected chi connectivity index (χ3v) is 5.82.